The molecule has 8 rings (SSSR count). The van der Waals surface area contributed by atoms with E-state index in [-0.39, 0.29) is 51.4 Å². The van der Waals surface area contributed by atoms with E-state index in [1.54, 1.807) is 38.1 Å². The molecule has 1 atom stereocenters. The van der Waals surface area contributed by atoms with Gasteiger partial charge in [0.2, 0.25) is 23.7 Å². The second kappa shape index (κ2) is 19.6. The Hall–Kier alpha value is -5.45. The molecule has 5 heterocycles. The molecule has 3 aromatic carbocycles. The number of anilines is 6. The molecule has 4 aliphatic heterocycles. The van der Waals surface area contributed by atoms with Gasteiger partial charge in [-0.2, -0.15) is 4.98 Å². The van der Waals surface area contributed by atoms with Gasteiger partial charge in [-0.15, -0.1) is 0 Å². The summed E-state index contributed by atoms with van der Waals surface area (Å²) in [6, 6.07) is 18.9. The molecule has 3 amide bonds. The Balaban J connectivity index is 0.839. The fraction of sp³-hybridized carbons (Fsp3) is 0.479. The molecule has 0 saturated carbocycles. The van der Waals surface area contributed by atoms with Crippen molar-refractivity contribution in [3.05, 3.63) is 83.0 Å². The monoisotopic (exact) mass is 925 g/mol. The van der Waals surface area contributed by atoms with Gasteiger partial charge in [0.05, 0.1) is 39.7 Å². The number of carbonyl (C=O) groups excluding carboxylic acids is 3. The maximum absolute atomic E-state index is 13.6. The van der Waals surface area contributed by atoms with E-state index in [2.05, 4.69) is 65.0 Å². The number of ether oxygens (including phenoxy) is 1. The van der Waals surface area contributed by atoms with Crippen molar-refractivity contribution in [2.45, 2.75) is 107 Å². The highest BCUT2D eigenvalue weighted by molar-refractivity contribution is 7.92. The number of halogens is 1. The number of imide groups is 1. The summed E-state index contributed by atoms with van der Waals surface area (Å²) in [4.78, 5) is 53.5. The van der Waals surface area contributed by atoms with Gasteiger partial charge < -0.3 is 35.4 Å². The van der Waals surface area contributed by atoms with Crippen LogP contribution in [0, 0.1) is 12.8 Å². The Bertz CT molecular complexity index is 2520. The fourth-order valence-electron chi connectivity index (χ4n) is 9.38. The Morgan fingerprint density at radius 2 is 1.63 bits per heavy atom. The largest absolute Gasteiger partial charge is 0.489 e. The molecule has 0 bridgehead atoms. The topological polar surface area (TPSA) is 178 Å². The standard InChI is InChI=1S/C48H60ClN9O6S/c1-29(2)64-42-25-37(31(5)23-41(42)53-48-50-26-38(49)45(55-48)52-39-11-6-7-12-43(39)65(62,63)30(3)4)32-15-19-56(20-16-32)35-17-21-57(22-18-35)47(61)33-27-58(28-33)36-10-8-9-34(24-36)51-40-13-14-44(59)54-46(40)60/h6-12,23-26,29-30,32-33,35,40,51H,13-22,27-28H2,1-5H3,(H,54,59,60)(H2,50,52,53,55). The number of piperidine rings is 3. The predicted octanol–water partition coefficient (Wildman–Crippen LogP) is 7.42. The van der Waals surface area contributed by atoms with Gasteiger partial charge in [-0.25, -0.2) is 13.4 Å². The van der Waals surface area contributed by atoms with Crippen molar-refractivity contribution in [1.29, 1.82) is 0 Å². The average molecular weight is 927 g/mol. The summed E-state index contributed by atoms with van der Waals surface area (Å²) < 4.78 is 32.6. The zero-order valence-corrected chi connectivity index (χ0v) is 39.3. The second-order valence-electron chi connectivity index (χ2n) is 18.3. The van der Waals surface area contributed by atoms with Crippen molar-refractivity contribution in [1.82, 2.24) is 25.1 Å². The lowest BCUT2D eigenvalue weighted by molar-refractivity contribution is -0.138. The van der Waals surface area contributed by atoms with E-state index in [0.717, 1.165) is 74.5 Å². The minimum Gasteiger partial charge on any atom is -0.489 e. The van der Waals surface area contributed by atoms with Crippen LogP contribution in [0.1, 0.15) is 83.3 Å². The Labute approximate surface area is 387 Å². The van der Waals surface area contributed by atoms with Gasteiger partial charge in [0.15, 0.2) is 15.7 Å². The lowest BCUT2D eigenvalue weighted by Crippen LogP contribution is -2.57. The Kier molecular flexibility index (Phi) is 13.9. The average Bonchev–Trinajstić information content (AvgIpc) is 3.26. The summed E-state index contributed by atoms with van der Waals surface area (Å²) in [5, 5.41) is 11.8. The molecular formula is C48H60ClN9O6S. The van der Waals surface area contributed by atoms with Crippen molar-refractivity contribution in [2.24, 2.45) is 5.92 Å². The van der Waals surface area contributed by atoms with Crippen LogP contribution in [0.5, 0.6) is 5.75 Å². The number of hydrogen-bond donors (Lipinski definition) is 4. The highest BCUT2D eigenvalue weighted by atomic mass is 35.5. The summed E-state index contributed by atoms with van der Waals surface area (Å²) in [6.07, 6.45) is 6.19. The number of nitrogens with zero attached hydrogens (tertiary/aromatic N) is 5. The van der Waals surface area contributed by atoms with Crippen molar-refractivity contribution in [2.75, 3.05) is 60.1 Å². The summed E-state index contributed by atoms with van der Waals surface area (Å²) in [5.74, 6) is 1.30. The third-order valence-corrected chi connectivity index (χ3v) is 15.6. The van der Waals surface area contributed by atoms with Crippen molar-refractivity contribution < 1.29 is 27.5 Å². The number of hydrogen-bond acceptors (Lipinski definition) is 13. The van der Waals surface area contributed by atoms with E-state index in [1.807, 2.05) is 38.1 Å². The van der Waals surface area contributed by atoms with Gasteiger partial charge in [-0.3, -0.25) is 19.7 Å². The van der Waals surface area contributed by atoms with Gasteiger partial charge in [0, 0.05) is 50.0 Å². The highest BCUT2D eigenvalue weighted by Gasteiger charge is 2.38. The fourth-order valence-corrected chi connectivity index (χ4v) is 10.7. The number of amides is 3. The first-order valence-corrected chi connectivity index (χ1v) is 24.7. The summed E-state index contributed by atoms with van der Waals surface area (Å²) in [5.41, 5.74) is 5.34. The number of likely N-dealkylation sites (tertiary alicyclic amines) is 2. The molecule has 0 spiro atoms. The van der Waals surface area contributed by atoms with E-state index < -0.39 is 21.1 Å². The molecule has 346 valence electrons. The number of carbonyl (C=O) groups is 3. The maximum atomic E-state index is 13.6. The van der Waals surface area contributed by atoms with Gasteiger partial charge in [0.25, 0.3) is 0 Å². The quantitative estimate of drug-likeness (QED) is 0.0920. The Morgan fingerprint density at radius 1 is 0.892 bits per heavy atom. The van der Waals surface area contributed by atoms with Crippen molar-refractivity contribution >= 4 is 73.7 Å². The normalized spacial score (nSPS) is 19.3. The minimum absolute atomic E-state index is 0.0256. The number of aryl methyl sites for hydroxylation is 1. The molecule has 0 aliphatic carbocycles. The van der Waals surface area contributed by atoms with E-state index in [0.29, 0.717) is 49.3 Å². The van der Waals surface area contributed by atoms with Crippen LogP contribution in [-0.4, -0.2) is 109 Å². The predicted molar refractivity (Wildman–Crippen MR) is 254 cm³/mol. The molecule has 15 nitrogen and oxygen atoms in total. The summed E-state index contributed by atoms with van der Waals surface area (Å²) >= 11 is 6.53. The molecule has 0 radical (unpaired) electrons. The molecule has 4 saturated heterocycles. The zero-order valence-electron chi connectivity index (χ0n) is 37.8. The van der Waals surface area contributed by atoms with Crippen LogP contribution < -0.4 is 30.9 Å². The number of aromatic nitrogens is 2. The van der Waals surface area contributed by atoms with Crippen LogP contribution in [0.4, 0.5) is 34.5 Å². The molecule has 4 N–H and O–H groups in total. The molecule has 65 heavy (non-hydrogen) atoms. The van der Waals surface area contributed by atoms with Crippen LogP contribution in [0.2, 0.25) is 5.02 Å². The van der Waals surface area contributed by atoms with E-state index in [9.17, 15) is 22.8 Å². The lowest BCUT2D eigenvalue weighted by atomic mass is 9.85. The first-order chi connectivity index (χ1) is 31.1. The first-order valence-electron chi connectivity index (χ1n) is 22.8. The van der Waals surface area contributed by atoms with Crippen molar-refractivity contribution in [3.63, 3.8) is 0 Å². The van der Waals surface area contributed by atoms with E-state index in [4.69, 9.17) is 16.3 Å². The number of rotatable bonds is 14. The lowest BCUT2D eigenvalue weighted by Gasteiger charge is -2.45. The van der Waals surface area contributed by atoms with Gasteiger partial charge in [-0.1, -0.05) is 29.8 Å². The van der Waals surface area contributed by atoms with Crippen LogP contribution in [0.25, 0.3) is 0 Å². The third kappa shape index (κ3) is 10.5. The molecule has 4 aromatic rings. The molecule has 1 unspecified atom stereocenters. The summed E-state index contributed by atoms with van der Waals surface area (Å²) in [7, 11) is -3.58. The molecule has 4 aliphatic rings. The zero-order chi connectivity index (χ0) is 46.0. The van der Waals surface area contributed by atoms with Gasteiger partial charge >= 0.3 is 0 Å². The molecule has 4 fully saturated rings. The number of para-hydroxylation sites is 1. The van der Waals surface area contributed by atoms with Gasteiger partial charge in [-0.05, 0) is 139 Å². The first kappa shape index (κ1) is 46.1. The number of sulfone groups is 1. The summed E-state index contributed by atoms with van der Waals surface area (Å²) in [6.45, 7) is 14.3. The number of nitrogens with one attached hydrogen (secondary N) is 4. The molecule has 17 heteroatoms. The third-order valence-electron chi connectivity index (χ3n) is 13.1. The number of benzene rings is 3. The smallest absolute Gasteiger partial charge is 0.249 e. The van der Waals surface area contributed by atoms with Crippen LogP contribution in [0.3, 0.4) is 0 Å². The van der Waals surface area contributed by atoms with Crippen molar-refractivity contribution in [3.8, 4) is 5.75 Å². The minimum atomic E-state index is -3.58. The van der Waals surface area contributed by atoms with Gasteiger partial charge in [0.1, 0.15) is 16.8 Å². The highest BCUT2D eigenvalue weighted by Crippen LogP contribution is 2.40. The van der Waals surface area contributed by atoms with E-state index >= 15 is 0 Å². The van der Waals surface area contributed by atoms with Crippen LogP contribution in [0.15, 0.2) is 71.8 Å². The Morgan fingerprint density at radius 3 is 2.34 bits per heavy atom. The molecular weight excluding hydrogens is 866 g/mol. The maximum Gasteiger partial charge on any atom is 0.249 e. The van der Waals surface area contributed by atoms with Crippen LogP contribution >= 0.6 is 11.6 Å². The SMILES string of the molecule is Cc1cc(Nc2ncc(Cl)c(Nc3ccccc3S(=O)(=O)C(C)C)n2)c(OC(C)C)cc1C1CCN(C2CCN(C(=O)C3CN(c4cccc(NC5CCC(=O)NC5=O)c4)C3)CC2)CC1. The van der Waals surface area contributed by atoms with E-state index in [1.165, 1.54) is 11.8 Å². The van der Waals surface area contributed by atoms with Crippen LogP contribution in [-0.2, 0) is 24.2 Å². The second-order valence-corrected chi connectivity index (χ2v) is 21.1. The molecule has 1 aromatic heterocycles.